The topological polar surface area (TPSA) is 70.5 Å². The zero-order chi connectivity index (χ0) is 13.3. The monoisotopic (exact) mass is 268 g/mol. The summed E-state index contributed by atoms with van der Waals surface area (Å²) in [5.41, 5.74) is 1.67. The van der Waals surface area contributed by atoms with Gasteiger partial charge in [0.05, 0.1) is 17.5 Å². The lowest BCUT2D eigenvalue weighted by atomic mass is 9.87. The summed E-state index contributed by atoms with van der Waals surface area (Å²) in [4.78, 5) is 29.9. The quantitative estimate of drug-likeness (QED) is 0.909. The summed E-state index contributed by atoms with van der Waals surface area (Å²) >= 11 is 1.41. The Morgan fingerprint density at radius 2 is 2.33 bits per heavy atom. The van der Waals surface area contributed by atoms with Crippen LogP contribution in [0.2, 0.25) is 0 Å². The maximum absolute atomic E-state index is 12.0. The average Bonchev–Trinajstić information content (AvgIpc) is 2.80. The first-order valence-electron chi connectivity index (χ1n) is 5.94. The van der Waals surface area contributed by atoms with Crippen molar-refractivity contribution in [2.45, 2.75) is 38.8 Å². The molecule has 0 bridgehead atoms. The number of thiazole rings is 1. The number of aromatic nitrogens is 1. The minimum absolute atomic E-state index is 0.00764. The Labute approximate surface area is 109 Å². The number of hydrogen-bond donors (Lipinski definition) is 1. The van der Waals surface area contributed by atoms with Crippen LogP contribution in [0.4, 0.5) is 0 Å². The zero-order valence-corrected chi connectivity index (χ0v) is 11.2. The Morgan fingerprint density at radius 1 is 1.61 bits per heavy atom. The highest BCUT2D eigenvalue weighted by Gasteiger charge is 2.42. The molecule has 1 aliphatic rings. The number of carboxylic acids is 1. The van der Waals surface area contributed by atoms with Crippen molar-refractivity contribution in [2.24, 2.45) is 5.92 Å². The van der Waals surface area contributed by atoms with E-state index in [1.54, 1.807) is 16.6 Å². The number of amides is 1. The van der Waals surface area contributed by atoms with Crippen LogP contribution in [0.1, 0.15) is 37.6 Å². The van der Waals surface area contributed by atoms with Crippen molar-refractivity contribution in [2.75, 3.05) is 0 Å². The van der Waals surface area contributed by atoms with Crippen LogP contribution in [-0.2, 0) is 9.59 Å². The molecule has 18 heavy (non-hydrogen) atoms. The predicted octanol–water partition coefficient (Wildman–Crippen LogP) is 1.92. The highest BCUT2D eigenvalue weighted by molar-refractivity contribution is 7.09. The molecule has 1 aliphatic heterocycles. The van der Waals surface area contributed by atoms with E-state index < -0.39 is 11.9 Å². The molecule has 0 aromatic carbocycles. The van der Waals surface area contributed by atoms with Crippen LogP contribution in [0.5, 0.6) is 0 Å². The molecule has 1 saturated heterocycles. The minimum Gasteiger partial charge on any atom is -0.481 e. The second-order valence-electron chi connectivity index (χ2n) is 4.73. The molecule has 1 aromatic rings. The third-order valence-corrected chi connectivity index (χ3v) is 4.10. The lowest BCUT2D eigenvalue weighted by molar-refractivity contribution is -0.153. The standard InChI is InChI=1S/C12H16N2O3S/c1-7(2)14-10(15)4-3-8(12(16)17)11(14)9-5-13-6-18-9/h5-8,11H,3-4H2,1-2H3,(H,16,17). The first kappa shape index (κ1) is 13.0. The van der Waals surface area contributed by atoms with E-state index in [4.69, 9.17) is 0 Å². The molecule has 1 fully saturated rings. The van der Waals surface area contributed by atoms with E-state index in [1.165, 1.54) is 11.3 Å². The normalized spacial score (nSPS) is 24.6. The average molecular weight is 268 g/mol. The van der Waals surface area contributed by atoms with Gasteiger partial charge in [0.1, 0.15) is 0 Å². The van der Waals surface area contributed by atoms with E-state index in [9.17, 15) is 14.7 Å². The van der Waals surface area contributed by atoms with Crippen LogP contribution in [0.15, 0.2) is 11.7 Å². The Morgan fingerprint density at radius 3 is 2.83 bits per heavy atom. The van der Waals surface area contributed by atoms with Crippen molar-refractivity contribution in [3.8, 4) is 0 Å². The smallest absolute Gasteiger partial charge is 0.308 e. The van der Waals surface area contributed by atoms with Gasteiger partial charge in [0.25, 0.3) is 0 Å². The fourth-order valence-corrected chi connectivity index (χ4v) is 3.27. The molecule has 0 saturated carbocycles. The number of piperidine rings is 1. The van der Waals surface area contributed by atoms with Crippen molar-refractivity contribution in [3.05, 3.63) is 16.6 Å². The van der Waals surface area contributed by atoms with Gasteiger partial charge in [-0.3, -0.25) is 14.6 Å². The van der Waals surface area contributed by atoms with Crippen LogP contribution in [0.3, 0.4) is 0 Å². The molecule has 1 aromatic heterocycles. The molecular formula is C12H16N2O3S. The van der Waals surface area contributed by atoms with Crippen molar-refractivity contribution < 1.29 is 14.7 Å². The fourth-order valence-electron chi connectivity index (χ4n) is 2.49. The second kappa shape index (κ2) is 5.06. The SMILES string of the molecule is CC(C)N1C(=O)CCC(C(=O)O)C1c1cncs1. The number of carbonyl (C=O) groups is 2. The van der Waals surface area contributed by atoms with Gasteiger partial charge in [0.2, 0.25) is 5.91 Å². The van der Waals surface area contributed by atoms with Gasteiger partial charge in [-0.15, -0.1) is 11.3 Å². The van der Waals surface area contributed by atoms with Crippen LogP contribution in [0, 0.1) is 5.92 Å². The van der Waals surface area contributed by atoms with Gasteiger partial charge < -0.3 is 10.0 Å². The molecule has 1 N–H and O–H groups in total. The third-order valence-electron chi connectivity index (χ3n) is 3.25. The third kappa shape index (κ3) is 2.25. The van der Waals surface area contributed by atoms with E-state index in [2.05, 4.69) is 4.98 Å². The van der Waals surface area contributed by atoms with Gasteiger partial charge in [0, 0.05) is 23.5 Å². The number of likely N-dealkylation sites (tertiary alicyclic amines) is 1. The number of nitrogens with zero attached hydrogens (tertiary/aromatic N) is 2. The molecule has 2 rings (SSSR count). The van der Waals surface area contributed by atoms with Crippen molar-refractivity contribution in [1.29, 1.82) is 0 Å². The maximum Gasteiger partial charge on any atom is 0.308 e. The number of rotatable bonds is 3. The summed E-state index contributed by atoms with van der Waals surface area (Å²) in [6.07, 6.45) is 2.38. The lowest BCUT2D eigenvalue weighted by Crippen LogP contribution is -2.48. The lowest BCUT2D eigenvalue weighted by Gasteiger charge is -2.41. The summed E-state index contributed by atoms with van der Waals surface area (Å²) in [6, 6.07) is -0.386. The maximum atomic E-state index is 12.0. The predicted molar refractivity (Wildman–Crippen MR) is 67.2 cm³/mol. The van der Waals surface area contributed by atoms with E-state index in [-0.39, 0.29) is 18.0 Å². The molecule has 0 aliphatic carbocycles. The van der Waals surface area contributed by atoms with Gasteiger partial charge >= 0.3 is 5.97 Å². The molecule has 98 valence electrons. The van der Waals surface area contributed by atoms with Crippen LogP contribution >= 0.6 is 11.3 Å². The van der Waals surface area contributed by atoms with Crippen molar-refractivity contribution in [3.63, 3.8) is 0 Å². The first-order chi connectivity index (χ1) is 8.52. The number of carboxylic acid groups (broad SMARTS) is 1. The molecule has 6 heteroatoms. The summed E-state index contributed by atoms with van der Waals surface area (Å²) in [5, 5.41) is 9.34. The molecule has 0 radical (unpaired) electrons. The molecule has 1 amide bonds. The van der Waals surface area contributed by atoms with E-state index in [0.29, 0.717) is 12.8 Å². The molecule has 0 spiro atoms. The Bertz CT molecular complexity index is 444. The van der Waals surface area contributed by atoms with Gasteiger partial charge in [-0.2, -0.15) is 0 Å². The minimum atomic E-state index is -0.841. The summed E-state index contributed by atoms with van der Waals surface area (Å²) in [7, 11) is 0. The van der Waals surface area contributed by atoms with Gasteiger partial charge in [0.15, 0.2) is 0 Å². The van der Waals surface area contributed by atoms with Gasteiger partial charge in [-0.25, -0.2) is 0 Å². The number of carbonyl (C=O) groups excluding carboxylic acids is 1. The van der Waals surface area contributed by atoms with Crippen molar-refractivity contribution >= 4 is 23.2 Å². The molecule has 2 unspecified atom stereocenters. The Kier molecular flexibility index (Phi) is 3.65. The van der Waals surface area contributed by atoms with Crippen LogP contribution in [0.25, 0.3) is 0 Å². The second-order valence-corrected chi connectivity index (χ2v) is 5.64. The molecular weight excluding hydrogens is 252 g/mol. The van der Waals surface area contributed by atoms with E-state index in [1.807, 2.05) is 13.8 Å². The van der Waals surface area contributed by atoms with Crippen molar-refractivity contribution in [1.82, 2.24) is 9.88 Å². The zero-order valence-electron chi connectivity index (χ0n) is 10.4. The molecule has 5 nitrogen and oxygen atoms in total. The Hall–Kier alpha value is -1.43. The molecule has 2 heterocycles. The summed E-state index contributed by atoms with van der Waals surface area (Å²) < 4.78 is 0. The summed E-state index contributed by atoms with van der Waals surface area (Å²) in [5.74, 6) is -1.35. The van der Waals surface area contributed by atoms with E-state index >= 15 is 0 Å². The Balaban J connectivity index is 2.41. The fraction of sp³-hybridized carbons (Fsp3) is 0.583. The highest BCUT2D eigenvalue weighted by atomic mass is 32.1. The largest absolute Gasteiger partial charge is 0.481 e. The highest BCUT2D eigenvalue weighted by Crippen LogP contribution is 2.39. The van der Waals surface area contributed by atoms with Gasteiger partial charge in [-0.1, -0.05) is 0 Å². The molecule has 2 atom stereocenters. The number of aliphatic carboxylic acids is 1. The summed E-state index contributed by atoms with van der Waals surface area (Å²) in [6.45, 7) is 3.83. The first-order valence-corrected chi connectivity index (χ1v) is 6.82. The van der Waals surface area contributed by atoms with Gasteiger partial charge in [-0.05, 0) is 20.3 Å². The number of hydrogen-bond acceptors (Lipinski definition) is 4. The van der Waals surface area contributed by atoms with Crippen LogP contribution in [-0.4, -0.2) is 32.9 Å². The van der Waals surface area contributed by atoms with E-state index in [0.717, 1.165) is 4.88 Å². The van der Waals surface area contributed by atoms with Crippen LogP contribution < -0.4 is 0 Å².